The second-order valence-corrected chi connectivity index (χ2v) is 5.64. The van der Waals surface area contributed by atoms with Crippen molar-refractivity contribution in [1.82, 2.24) is 16.0 Å². The smallest absolute Gasteiger partial charge is 0.322 e. The van der Waals surface area contributed by atoms with Crippen molar-refractivity contribution < 1.29 is 29.1 Å². The van der Waals surface area contributed by atoms with Crippen LogP contribution >= 0.6 is 0 Å². The van der Waals surface area contributed by atoms with Crippen LogP contribution in [0.4, 0.5) is 0 Å². The lowest BCUT2D eigenvalue weighted by atomic mass is 10.0. The van der Waals surface area contributed by atoms with Crippen molar-refractivity contribution in [1.29, 1.82) is 0 Å². The lowest BCUT2D eigenvalue weighted by molar-refractivity contribution is -0.138. The summed E-state index contributed by atoms with van der Waals surface area (Å²) in [6, 6.07) is -1.97. The van der Waals surface area contributed by atoms with Crippen LogP contribution in [0.15, 0.2) is 0 Å². The maximum atomic E-state index is 12.2. The number of hydrogen-bond acceptors (Lipinski definition) is 5. The zero-order chi connectivity index (χ0) is 18.7. The summed E-state index contributed by atoms with van der Waals surface area (Å²) >= 11 is 0. The molecule has 0 aromatic carbocycles. The number of nitrogens with two attached hydrogens (primary N) is 1. The molecule has 0 rings (SSSR count). The van der Waals surface area contributed by atoms with Crippen molar-refractivity contribution in [3.05, 3.63) is 0 Å². The Morgan fingerprint density at radius 3 is 2.21 bits per heavy atom. The Labute approximate surface area is 139 Å². The first-order valence-electron chi connectivity index (χ1n) is 7.45. The van der Waals surface area contributed by atoms with Crippen LogP contribution in [0.1, 0.15) is 33.1 Å². The van der Waals surface area contributed by atoms with Crippen molar-refractivity contribution in [2.24, 2.45) is 11.7 Å². The van der Waals surface area contributed by atoms with Crippen molar-refractivity contribution in [3.63, 3.8) is 0 Å². The summed E-state index contributed by atoms with van der Waals surface area (Å²) in [6.45, 7) is 3.09. The minimum Gasteiger partial charge on any atom is -0.480 e. The van der Waals surface area contributed by atoms with E-state index in [2.05, 4.69) is 16.0 Å². The summed E-state index contributed by atoms with van der Waals surface area (Å²) < 4.78 is 0. The quantitative estimate of drug-likeness (QED) is 0.259. The SMILES string of the molecule is CC(C)C[C@H](NC=O)C(=O)NC(CCC(N)=O)C(=O)NCC(=O)O. The van der Waals surface area contributed by atoms with Gasteiger partial charge in [0.2, 0.25) is 24.1 Å². The highest BCUT2D eigenvalue weighted by Crippen LogP contribution is 2.06. The standard InChI is InChI=1S/C14H24N4O6/c1-8(2)5-10(17-7-19)14(24)18-9(3-4-11(15)20)13(23)16-6-12(21)22/h7-10H,3-6H2,1-2H3,(H2,15,20)(H,16,23)(H,17,19)(H,18,24)(H,21,22)/t9?,10-/m0/s1. The zero-order valence-corrected chi connectivity index (χ0v) is 13.7. The number of nitrogens with one attached hydrogen (secondary N) is 3. The molecule has 0 heterocycles. The molecule has 0 aliphatic rings. The van der Waals surface area contributed by atoms with Gasteiger partial charge in [-0.05, 0) is 18.8 Å². The molecule has 2 atom stereocenters. The Kier molecular flexibility index (Phi) is 9.76. The molecule has 10 heteroatoms. The predicted octanol–water partition coefficient (Wildman–Crippen LogP) is -1.90. The normalized spacial score (nSPS) is 12.8. The maximum absolute atomic E-state index is 12.2. The highest BCUT2D eigenvalue weighted by Gasteiger charge is 2.26. The van der Waals surface area contributed by atoms with E-state index in [4.69, 9.17) is 10.8 Å². The van der Waals surface area contributed by atoms with Crippen LogP contribution in [0.3, 0.4) is 0 Å². The third-order valence-electron chi connectivity index (χ3n) is 3.02. The molecule has 0 aliphatic carbocycles. The molecule has 0 aliphatic heterocycles. The number of rotatable bonds is 12. The van der Waals surface area contributed by atoms with Crippen LogP contribution in [0.2, 0.25) is 0 Å². The number of carbonyl (C=O) groups excluding carboxylic acids is 4. The molecular formula is C14H24N4O6. The Bertz CT molecular complexity index is 480. The first kappa shape index (κ1) is 21.4. The predicted molar refractivity (Wildman–Crippen MR) is 83.4 cm³/mol. The van der Waals surface area contributed by atoms with Crippen LogP contribution in [0.5, 0.6) is 0 Å². The van der Waals surface area contributed by atoms with E-state index in [9.17, 15) is 24.0 Å². The fraction of sp³-hybridized carbons (Fsp3) is 0.643. The van der Waals surface area contributed by atoms with Crippen LogP contribution in [-0.2, 0) is 24.0 Å². The number of carbonyl (C=O) groups is 5. The van der Waals surface area contributed by atoms with Crippen LogP contribution in [0, 0.1) is 5.92 Å². The summed E-state index contributed by atoms with van der Waals surface area (Å²) in [6.07, 6.45) is 0.489. The van der Waals surface area contributed by atoms with E-state index in [0.29, 0.717) is 12.8 Å². The van der Waals surface area contributed by atoms with Crippen LogP contribution in [0.25, 0.3) is 0 Å². The van der Waals surface area contributed by atoms with Gasteiger partial charge in [0.1, 0.15) is 18.6 Å². The molecule has 24 heavy (non-hydrogen) atoms. The van der Waals surface area contributed by atoms with Gasteiger partial charge in [0.15, 0.2) is 0 Å². The molecule has 0 fully saturated rings. The molecule has 0 spiro atoms. The Balaban J connectivity index is 4.94. The van der Waals surface area contributed by atoms with Crippen LogP contribution in [-0.4, -0.2) is 53.8 Å². The van der Waals surface area contributed by atoms with E-state index >= 15 is 0 Å². The van der Waals surface area contributed by atoms with Gasteiger partial charge in [-0.15, -0.1) is 0 Å². The number of carboxylic acid groups (broad SMARTS) is 1. The Morgan fingerprint density at radius 2 is 1.75 bits per heavy atom. The largest absolute Gasteiger partial charge is 0.480 e. The van der Waals surface area contributed by atoms with Gasteiger partial charge >= 0.3 is 5.97 Å². The Hall–Kier alpha value is -2.65. The summed E-state index contributed by atoms with van der Waals surface area (Å²) in [4.78, 5) is 56.2. The third kappa shape index (κ3) is 9.38. The summed E-state index contributed by atoms with van der Waals surface area (Å²) in [5.41, 5.74) is 5.03. The number of hydrogen-bond donors (Lipinski definition) is 5. The molecular weight excluding hydrogens is 320 g/mol. The molecule has 0 saturated carbocycles. The summed E-state index contributed by atoms with van der Waals surface area (Å²) in [5, 5.41) is 15.5. The third-order valence-corrected chi connectivity index (χ3v) is 3.02. The van der Waals surface area contributed by atoms with E-state index < -0.39 is 42.3 Å². The number of aliphatic carboxylic acids is 1. The van der Waals surface area contributed by atoms with Crippen molar-refractivity contribution in [2.75, 3.05) is 6.54 Å². The molecule has 4 amide bonds. The van der Waals surface area contributed by atoms with Gasteiger partial charge in [-0.3, -0.25) is 24.0 Å². The van der Waals surface area contributed by atoms with Gasteiger partial charge in [0.25, 0.3) is 0 Å². The monoisotopic (exact) mass is 344 g/mol. The van der Waals surface area contributed by atoms with Crippen molar-refractivity contribution in [2.45, 2.75) is 45.2 Å². The minimum absolute atomic E-state index is 0.0813. The molecule has 136 valence electrons. The van der Waals surface area contributed by atoms with Gasteiger partial charge in [-0.2, -0.15) is 0 Å². The molecule has 0 bridgehead atoms. The molecule has 0 aromatic rings. The molecule has 0 aromatic heterocycles. The highest BCUT2D eigenvalue weighted by atomic mass is 16.4. The average molecular weight is 344 g/mol. The first-order chi connectivity index (χ1) is 11.2. The second-order valence-electron chi connectivity index (χ2n) is 5.64. The second kappa shape index (κ2) is 11.0. The maximum Gasteiger partial charge on any atom is 0.322 e. The van der Waals surface area contributed by atoms with Crippen molar-refractivity contribution in [3.8, 4) is 0 Å². The average Bonchev–Trinajstić information content (AvgIpc) is 2.47. The molecule has 0 radical (unpaired) electrons. The fourth-order valence-electron chi connectivity index (χ4n) is 1.92. The van der Waals surface area contributed by atoms with Crippen molar-refractivity contribution >= 4 is 30.1 Å². The topological polar surface area (TPSA) is 168 Å². The van der Waals surface area contributed by atoms with Gasteiger partial charge in [-0.25, -0.2) is 0 Å². The minimum atomic E-state index is -1.25. The van der Waals surface area contributed by atoms with Gasteiger partial charge < -0.3 is 26.8 Å². The van der Waals surface area contributed by atoms with E-state index in [1.54, 1.807) is 0 Å². The zero-order valence-electron chi connectivity index (χ0n) is 13.7. The first-order valence-corrected chi connectivity index (χ1v) is 7.45. The van der Waals surface area contributed by atoms with E-state index in [1.807, 2.05) is 13.8 Å². The van der Waals surface area contributed by atoms with E-state index in [1.165, 1.54) is 0 Å². The molecule has 10 nitrogen and oxygen atoms in total. The van der Waals surface area contributed by atoms with E-state index in [-0.39, 0.29) is 18.8 Å². The number of carboxylic acids is 1. The van der Waals surface area contributed by atoms with Gasteiger partial charge in [-0.1, -0.05) is 13.8 Å². The molecule has 0 saturated heterocycles. The summed E-state index contributed by atoms with van der Waals surface area (Å²) in [7, 11) is 0. The fourth-order valence-corrected chi connectivity index (χ4v) is 1.92. The lowest BCUT2D eigenvalue weighted by Crippen LogP contribution is -2.53. The van der Waals surface area contributed by atoms with Crippen LogP contribution < -0.4 is 21.7 Å². The lowest BCUT2D eigenvalue weighted by Gasteiger charge is -2.22. The van der Waals surface area contributed by atoms with Gasteiger partial charge in [0.05, 0.1) is 0 Å². The Morgan fingerprint density at radius 1 is 1.12 bits per heavy atom. The number of amides is 4. The summed E-state index contributed by atoms with van der Waals surface area (Å²) in [5.74, 6) is -3.15. The molecule has 6 N–H and O–H groups in total. The number of primary amides is 1. The highest BCUT2D eigenvalue weighted by molar-refractivity contribution is 5.92. The molecule has 1 unspecified atom stereocenters. The van der Waals surface area contributed by atoms with Gasteiger partial charge in [0, 0.05) is 6.42 Å². The van der Waals surface area contributed by atoms with E-state index in [0.717, 1.165) is 0 Å².